The molecular formula is C29H25Cl2FN2O2. The van der Waals surface area contributed by atoms with E-state index in [1.807, 2.05) is 61.5 Å². The number of amides is 1. The van der Waals surface area contributed by atoms with E-state index in [2.05, 4.69) is 4.98 Å². The van der Waals surface area contributed by atoms with Crippen LogP contribution < -0.4 is 4.90 Å². The number of halogens is 3. The number of aryl methyl sites for hydroxylation is 1. The number of pyridine rings is 1. The summed E-state index contributed by atoms with van der Waals surface area (Å²) in [6, 6.07) is 25.1. The van der Waals surface area contributed by atoms with Gasteiger partial charge in [-0.15, -0.1) is 0 Å². The van der Waals surface area contributed by atoms with Gasteiger partial charge in [0.2, 0.25) is 0 Å². The molecule has 1 amide bonds. The molecule has 1 aliphatic heterocycles. The Balaban J connectivity index is 0.000000375. The Labute approximate surface area is 220 Å². The summed E-state index contributed by atoms with van der Waals surface area (Å²) in [5, 5.41) is 1.42. The van der Waals surface area contributed by atoms with Crippen LogP contribution in [-0.4, -0.2) is 23.6 Å². The molecule has 0 N–H and O–H groups in total. The van der Waals surface area contributed by atoms with Gasteiger partial charge in [0.05, 0.1) is 24.5 Å². The van der Waals surface area contributed by atoms with Crippen molar-refractivity contribution >= 4 is 34.8 Å². The molecule has 4 aromatic rings. The minimum absolute atomic E-state index is 0.176. The normalized spacial score (nSPS) is 17.3. The molecule has 1 saturated heterocycles. The van der Waals surface area contributed by atoms with Crippen molar-refractivity contribution in [1.29, 1.82) is 0 Å². The van der Waals surface area contributed by atoms with Crippen LogP contribution in [0.25, 0.3) is 0 Å². The highest BCUT2D eigenvalue weighted by Crippen LogP contribution is 2.33. The Kier molecular flexibility index (Phi) is 8.70. The summed E-state index contributed by atoms with van der Waals surface area (Å²) in [6.45, 7) is 2.12. The summed E-state index contributed by atoms with van der Waals surface area (Å²) in [5.74, 6) is -0.543. The first-order valence-corrected chi connectivity index (χ1v) is 12.2. The van der Waals surface area contributed by atoms with E-state index in [1.165, 1.54) is 6.07 Å². The zero-order valence-electron chi connectivity index (χ0n) is 19.7. The minimum atomic E-state index is -0.768. The average Bonchev–Trinajstić information content (AvgIpc) is 2.88. The molecule has 2 heterocycles. The van der Waals surface area contributed by atoms with Gasteiger partial charge in [-0.05, 0) is 66.1 Å². The van der Waals surface area contributed by atoms with Gasteiger partial charge in [-0.1, -0.05) is 65.7 Å². The number of benzene rings is 3. The number of anilines is 1. The number of morpholine rings is 1. The highest BCUT2D eigenvalue weighted by atomic mass is 35.5. The molecular weight excluding hydrogens is 498 g/mol. The summed E-state index contributed by atoms with van der Waals surface area (Å²) in [6.07, 6.45) is 2.71. The van der Waals surface area contributed by atoms with Gasteiger partial charge in [-0.25, -0.2) is 4.39 Å². The quantitative estimate of drug-likeness (QED) is 0.283. The van der Waals surface area contributed by atoms with Crippen LogP contribution in [-0.2, 0) is 16.0 Å². The predicted molar refractivity (Wildman–Crippen MR) is 142 cm³/mol. The summed E-state index contributed by atoms with van der Waals surface area (Å²) in [7, 11) is 0. The van der Waals surface area contributed by atoms with Crippen molar-refractivity contribution in [2.45, 2.75) is 25.5 Å². The Morgan fingerprint density at radius 3 is 2.31 bits per heavy atom. The lowest BCUT2D eigenvalue weighted by molar-refractivity contribution is -0.136. The predicted octanol–water partition coefficient (Wildman–Crippen LogP) is 7.24. The van der Waals surface area contributed by atoms with Crippen LogP contribution in [0.5, 0.6) is 0 Å². The van der Waals surface area contributed by atoms with E-state index in [0.29, 0.717) is 22.9 Å². The monoisotopic (exact) mass is 522 g/mol. The van der Waals surface area contributed by atoms with Gasteiger partial charge in [0, 0.05) is 22.7 Å². The van der Waals surface area contributed by atoms with Gasteiger partial charge >= 0.3 is 0 Å². The van der Waals surface area contributed by atoms with Crippen molar-refractivity contribution in [3.8, 4) is 0 Å². The molecule has 36 heavy (non-hydrogen) atoms. The maximum absolute atomic E-state index is 14.3. The van der Waals surface area contributed by atoms with Crippen molar-refractivity contribution in [3.05, 3.63) is 130 Å². The van der Waals surface area contributed by atoms with Crippen LogP contribution in [0.15, 0.2) is 97.3 Å². The molecule has 0 spiro atoms. The van der Waals surface area contributed by atoms with Crippen molar-refractivity contribution in [2.75, 3.05) is 11.5 Å². The molecule has 1 fully saturated rings. The molecule has 1 unspecified atom stereocenters. The van der Waals surface area contributed by atoms with Gasteiger partial charge < -0.3 is 4.74 Å². The first kappa shape index (κ1) is 25.8. The molecule has 0 saturated carbocycles. The summed E-state index contributed by atoms with van der Waals surface area (Å²) in [5.41, 5.74) is 2.88. The van der Waals surface area contributed by atoms with Gasteiger partial charge in [0.15, 0.2) is 0 Å². The highest BCUT2D eigenvalue weighted by Gasteiger charge is 2.38. The molecule has 7 heteroatoms. The number of rotatable bonds is 4. The minimum Gasteiger partial charge on any atom is -0.365 e. The fourth-order valence-corrected chi connectivity index (χ4v) is 4.25. The molecule has 1 aromatic heterocycles. The maximum atomic E-state index is 14.3. The number of hydrogen-bond donors (Lipinski definition) is 0. The van der Waals surface area contributed by atoms with Crippen molar-refractivity contribution in [1.82, 2.24) is 4.98 Å². The summed E-state index contributed by atoms with van der Waals surface area (Å²) in [4.78, 5) is 19.2. The van der Waals surface area contributed by atoms with Crippen LogP contribution in [0, 0.1) is 12.7 Å². The lowest BCUT2D eigenvalue weighted by atomic mass is 9.99. The second-order valence-corrected chi connectivity index (χ2v) is 9.28. The smallest absolute Gasteiger partial charge is 0.257 e. The zero-order valence-corrected chi connectivity index (χ0v) is 21.2. The first-order valence-electron chi connectivity index (χ1n) is 11.5. The standard InChI is InChI=1S/C23H20ClFN2O2.C6H5Cl/c1-15-4-5-17(20(25)11-15)12-22-23(28)27(19-3-2-10-26-13-19)21(14-29-22)16-6-8-18(24)9-7-16;7-6-4-2-1-3-5-6/h2-11,13,21-22H,12,14H2,1H3;1-5H/t21-,22?;/m1./s1. The van der Waals surface area contributed by atoms with E-state index in [1.54, 1.807) is 41.6 Å². The third-order valence-electron chi connectivity index (χ3n) is 5.81. The van der Waals surface area contributed by atoms with Gasteiger partial charge in [0.25, 0.3) is 5.91 Å². The topological polar surface area (TPSA) is 42.4 Å². The fourth-order valence-electron chi connectivity index (χ4n) is 3.97. The molecule has 4 nitrogen and oxygen atoms in total. The second kappa shape index (κ2) is 12.1. The van der Waals surface area contributed by atoms with E-state index in [-0.39, 0.29) is 24.2 Å². The second-order valence-electron chi connectivity index (χ2n) is 8.40. The van der Waals surface area contributed by atoms with Crippen molar-refractivity contribution < 1.29 is 13.9 Å². The molecule has 2 atom stereocenters. The Morgan fingerprint density at radius 1 is 0.972 bits per heavy atom. The number of nitrogens with zero attached hydrogens (tertiary/aromatic N) is 2. The van der Waals surface area contributed by atoms with E-state index in [0.717, 1.165) is 16.1 Å². The summed E-state index contributed by atoms with van der Waals surface area (Å²) < 4.78 is 20.2. The van der Waals surface area contributed by atoms with Crippen LogP contribution >= 0.6 is 23.2 Å². The summed E-state index contributed by atoms with van der Waals surface area (Å²) >= 11 is 11.6. The molecule has 3 aromatic carbocycles. The molecule has 184 valence electrons. The molecule has 0 radical (unpaired) electrons. The van der Waals surface area contributed by atoms with Crippen molar-refractivity contribution in [3.63, 3.8) is 0 Å². The number of ether oxygens (including phenoxy) is 1. The number of hydrogen-bond acceptors (Lipinski definition) is 3. The van der Waals surface area contributed by atoms with Gasteiger partial charge in [-0.3, -0.25) is 14.7 Å². The molecule has 0 aliphatic carbocycles. The fraction of sp³-hybridized carbons (Fsp3) is 0.172. The van der Waals surface area contributed by atoms with E-state index in [9.17, 15) is 9.18 Å². The lowest BCUT2D eigenvalue weighted by Gasteiger charge is -2.39. The number of carbonyl (C=O) groups excluding carboxylic acids is 1. The first-order chi connectivity index (χ1) is 17.4. The lowest BCUT2D eigenvalue weighted by Crippen LogP contribution is -2.50. The number of carbonyl (C=O) groups is 1. The van der Waals surface area contributed by atoms with Crippen LogP contribution in [0.3, 0.4) is 0 Å². The Hall–Kier alpha value is -3.25. The largest absolute Gasteiger partial charge is 0.365 e. The molecule has 5 rings (SSSR count). The van der Waals surface area contributed by atoms with E-state index >= 15 is 0 Å². The number of aromatic nitrogens is 1. The van der Waals surface area contributed by atoms with E-state index in [4.69, 9.17) is 27.9 Å². The van der Waals surface area contributed by atoms with Gasteiger partial charge in [-0.2, -0.15) is 0 Å². The third-order valence-corrected chi connectivity index (χ3v) is 6.31. The molecule has 1 aliphatic rings. The average molecular weight is 523 g/mol. The third kappa shape index (κ3) is 6.49. The Morgan fingerprint density at radius 2 is 1.69 bits per heavy atom. The zero-order chi connectivity index (χ0) is 25.5. The SMILES string of the molecule is Cc1ccc(CC2OC[C@H](c3ccc(Cl)cc3)N(c3cccnc3)C2=O)c(F)c1.Clc1ccccc1. The highest BCUT2D eigenvalue weighted by molar-refractivity contribution is 6.30. The maximum Gasteiger partial charge on any atom is 0.257 e. The van der Waals surface area contributed by atoms with Crippen LogP contribution in [0.1, 0.15) is 22.7 Å². The van der Waals surface area contributed by atoms with Crippen molar-refractivity contribution in [2.24, 2.45) is 0 Å². The Bertz CT molecular complexity index is 1290. The van der Waals surface area contributed by atoms with Crippen LogP contribution in [0.4, 0.5) is 10.1 Å². The van der Waals surface area contributed by atoms with Gasteiger partial charge in [0.1, 0.15) is 11.9 Å². The van der Waals surface area contributed by atoms with E-state index < -0.39 is 6.10 Å². The molecule has 0 bridgehead atoms. The van der Waals surface area contributed by atoms with Crippen LogP contribution in [0.2, 0.25) is 10.0 Å².